The lowest BCUT2D eigenvalue weighted by molar-refractivity contribution is 0.0696. The zero-order chi connectivity index (χ0) is 11.5. The van der Waals surface area contributed by atoms with Gasteiger partial charge in [0.25, 0.3) is 0 Å². The minimum atomic E-state index is -0.958. The van der Waals surface area contributed by atoms with Gasteiger partial charge in [-0.1, -0.05) is 0 Å². The third kappa shape index (κ3) is 2.25. The average Bonchev–Trinajstić information content (AvgIpc) is 2.65. The maximum absolute atomic E-state index is 10.6. The molecule has 16 heavy (non-hydrogen) atoms. The van der Waals surface area contributed by atoms with Gasteiger partial charge >= 0.3 is 5.97 Å². The summed E-state index contributed by atoms with van der Waals surface area (Å²) in [5.41, 5.74) is 2.09. The molecular weight excluding hydrogens is 206 g/mol. The molecular formula is C11H11N3O2. The van der Waals surface area contributed by atoms with E-state index in [1.165, 1.54) is 6.20 Å². The second-order valence-electron chi connectivity index (χ2n) is 3.54. The van der Waals surface area contributed by atoms with Crippen LogP contribution < -0.4 is 0 Å². The summed E-state index contributed by atoms with van der Waals surface area (Å²) in [7, 11) is 1.85. The summed E-state index contributed by atoms with van der Waals surface area (Å²) in [6, 6.07) is 3.28. The monoisotopic (exact) mass is 217 g/mol. The Morgan fingerprint density at radius 2 is 2.25 bits per heavy atom. The minimum absolute atomic E-state index is 0.204. The van der Waals surface area contributed by atoms with Gasteiger partial charge in [-0.25, -0.2) is 4.79 Å². The maximum atomic E-state index is 10.6. The quantitative estimate of drug-likeness (QED) is 0.836. The molecule has 5 nitrogen and oxygen atoms in total. The lowest BCUT2D eigenvalue weighted by Crippen LogP contribution is -1.99. The largest absolute Gasteiger partial charge is 0.478 e. The summed E-state index contributed by atoms with van der Waals surface area (Å²) >= 11 is 0. The Bertz CT molecular complexity index is 502. The number of aromatic carboxylic acids is 1. The third-order valence-corrected chi connectivity index (χ3v) is 2.22. The smallest absolute Gasteiger partial charge is 0.337 e. The molecule has 0 aliphatic heterocycles. The van der Waals surface area contributed by atoms with E-state index in [4.69, 9.17) is 5.11 Å². The van der Waals surface area contributed by atoms with Gasteiger partial charge in [-0.05, 0) is 17.7 Å². The molecule has 82 valence electrons. The molecule has 2 aromatic rings. The van der Waals surface area contributed by atoms with Crippen LogP contribution in [0.25, 0.3) is 0 Å². The number of aromatic nitrogens is 3. The van der Waals surface area contributed by atoms with Gasteiger partial charge in [0.15, 0.2) is 0 Å². The Kier molecular flexibility index (Phi) is 2.68. The zero-order valence-electron chi connectivity index (χ0n) is 8.79. The van der Waals surface area contributed by atoms with Gasteiger partial charge in [0.1, 0.15) is 0 Å². The van der Waals surface area contributed by atoms with Crippen molar-refractivity contribution >= 4 is 5.97 Å². The van der Waals surface area contributed by atoms with E-state index in [0.717, 1.165) is 11.3 Å². The van der Waals surface area contributed by atoms with E-state index in [-0.39, 0.29) is 5.56 Å². The molecule has 0 fully saturated rings. The van der Waals surface area contributed by atoms with Gasteiger partial charge in [-0.3, -0.25) is 9.67 Å². The van der Waals surface area contributed by atoms with E-state index in [9.17, 15) is 4.79 Å². The molecule has 5 heteroatoms. The normalized spacial score (nSPS) is 10.3. The van der Waals surface area contributed by atoms with Crippen LogP contribution in [0.2, 0.25) is 0 Å². The molecule has 0 aliphatic rings. The van der Waals surface area contributed by atoms with E-state index < -0.39 is 5.97 Å². The van der Waals surface area contributed by atoms with Crippen molar-refractivity contribution in [2.75, 3.05) is 0 Å². The van der Waals surface area contributed by atoms with Crippen molar-refractivity contribution in [1.82, 2.24) is 14.8 Å². The van der Waals surface area contributed by atoms with Crippen molar-refractivity contribution in [3.63, 3.8) is 0 Å². The van der Waals surface area contributed by atoms with Gasteiger partial charge in [0, 0.05) is 31.6 Å². The van der Waals surface area contributed by atoms with Crippen LogP contribution in [0.15, 0.2) is 30.7 Å². The zero-order valence-corrected chi connectivity index (χ0v) is 8.79. The molecule has 1 N–H and O–H groups in total. The predicted octanol–water partition coefficient (Wildman–Crippen LogP) is 1.10. The van der Waals surface area contributed by atoms with E-state index in [1.54, 1.807) is 23.0 Å². The predicted molar refractivity (Wildman–Crippen MR) is 57.2 cm³/mol. The van der Waals surface area contributed by atoms with Crippen LogP contribution in [-0.4, -0.2) is 25.8 Å². The van der Waals surface area contributed by atoms with Gasteiger partial charge in [-0.2, -0.15) is 5.10 Å². The molecule has 0 spiro atoms. The van der Waals surface area contributed by atoms with Crippen molar-refractivity contribution in [1.29, 1.82) is 0 Å². The van der Waals surface area contributed by atoms with E-state index >= 15 is 0 Å². The van der Waals surface area contributed by atoms with Gasteiger partial charge < -0.3 is 5.11 Å². The fourth-order valence-corrected chi connectivity index (χ4v) is 1.43. The van der Waals surface area contributed by atoms with Crippen LogP contribution in [0, 0.1) is 0 Å². The van der Waals surface area contributed by atoms with Crippen LogP contribution in [0.5, 0.6) is 0 Å². The standard InChI is InChI=1S/C11H11N3O2/c1-14-7-8(5-13-14)4-10-3-2-9(6-12-10)11(15)16/h2-3,5-7H,4H2,1H3,(H,15,16). The highest BCUT2D eigenvalue weighted by molar-refractivity contribution is 5.87. The highest BCUT2D eigenvalue weighted by atomic mass is 16.4. The van der Waals surface area contributed by atoms with Crippen LogP contribution in [0.1, 0.15) is 21.6 Å². The molecule has 0 saturated carbocycles. The first-order chi connectivity index (χ1) is 7.65. The van der Waals surface area contributed by atoms with Crippen LogP contribution in [0.4, 0.5) is 0 Å². The summed E-state index contributed by atoms with van der Waals surface area (Å²) in [6.07, 6.45) is 5.71. The first-order valence-electron chi connectivity index (χ1n) is 4.81. The lowest BCUT2D eigenvalue weighted by atomic mass is 10.1. The third-order valence-electron chi connectivity index (χ3n) is 2.22. The fraction of sp³-hybridized carbons (Fsp3) is 0.182. The molecule has 0 radical (unpaired) electrons. The molecule has 0 aromatic carbocycles. The SMILES string of the molecule is Cn1cc(Cc2ccc(C(=O)O)cn2)cn1. The van der Waals surface area contributed by atoms with Crippen molar-refractivity contribution in [2.45, 2.75) is 6.42 Å². The number of pyridine rings is 1. The van der Waals surface area contributed by atoms with E-state index in [2.05, 4.69) is 10.1 Å². The number of nitrogens with zero attached hydrogens (tertiary/aromatic N) is 3. The first-order valence-corrected chi connectivity index (χ1v) is 4.81. The lowest BCUT2D eigenvalue weighted by Gasteiger charge is -1.98. The molecule has 0 atom stereocenters. The Hall–Kier alpha value is -2.17. The van der Waals surface area contributed by atoms with Crippen LogP contribution in [0.3, 0.4) is 0 Å². The summed E-state index contributed by atoms with van der Waals surface area (Å²) in [4.78, 5) is 14.7. The van der Waals surface area contributed by atoms with Crippen LogP contribution >= 0.6 is 0 Å². The highest BCUT2D eigenvalue weighted by Crippen LogP contribution is 2.07. The molecule has 0 amide bonds. The van der Waals surface area contributed by atoms with Crippen molar-refractivity contribution in [2.24, 2.45) is 7.05 Å². The van der Waals surface area contributed by atoms with E-state index in [0.29, 0.717) is 6.42 Å². The topological polar surface area (TPSA) is 68.0 Å². The molecule has 0 bridgehead atoms. The molecule has 2 rings (SSSR count). The van der Waals surface area contributed by atoms with Gasteiger partial charge in [0.05, 0.1) is 11.8 Å². The van der Waals surface area contributed by atoms with Crippen molar-refractivity contribution in [3.05, 3.63) is 47.5 Å². The highest BCUT2D eigenvalue weighted by Gasteiger charge is 2.04. The van der Waals surface area contributed by atoms with Gasteiger partial charge in [0.2, 0.25) is 0 Å². The second kappa shape index (κ2) is 4.14. The number of aryl methyl sites for hydroxylation is 1. The number of carbonyl (C=O) groups is 1. The Morgan fingerprint density at radius 1 is 1.44 bits per heavy atom. The average molecular weight is 217 g/mol. The summed E-state index contributed by atoms with van der Waals surface area (Å²) in [5, 5.41) is 12.8. The Balaban J connectivity index is 2.14. The number of hydrogen-bond acceptors (Lipinski definition) is 3. The van der Waals surface area contributed by atoms with Crippen molar-refractivity contribution in [3.8, 4) is 0 Å². The number of carboxylic acids is 1. The number of hydrogen-bond donors (Lipinski definition) is 1. The second-order valence-corrected chi connectivity index (χ2v) is 3.54. The summed E-state index contributed by atoms with van der Waals surface area (Å²) in [6.45, 7) is 0. The van der Waals surface area contributed by atoms with Crippen molar-refractivity contribution < 1.29 is 9.90 Å². The molecule has 0 aliphatic carbocycles. The number of rotatable bonds is 3. The maximum Gasteiger partial charge on any atom is 0.337 e. The fourth-order valence-electron chi connectivity index (χ4n) is 1.43. The summed E-state index contributed by atoms with van der Waals surface area (Å²) in [5.74, 6) is -0.958. The van der Waals surface area contributed by atoms with Gasteiger partial charge in [-0.15, -0.1) is 0 Å². The minimum Gasteiger partial charge on any atom is -0.478 e. The van der Waals surface area contributed by atoms with E-state index in [1.807, 2.05) is 13.2 Å². The molecule has 2 aromatic heterocycles. The molecule has 0 saturated heterocycles. The number of carboxylic acid groups (broad SMARTS) is 1. The molecule has 2 heterocycles. The Morgan fingerprint density at radius 3 is 2.75 bits per heavy atom. The Labute approximate surface area is 92.4 Å². The van der Waals surface area contributed by atoms with Crippen LogP contribution in [-0.2, 0) is 13.5 Å². The molecule has 0 unspecified atom stereocenters. The first kappa shape index (κ1) is 10.4. The summed E-state index contributed by atoms with van der Waals surface area (Å²) < 4.78 is 1.72.